The van der Waals surface area contributed by atoms with E-state index in [-0.39, 0.29) is 5.82 Å². The summed E-state index contributed by atoms with van der Waals surface area (Å²) in [6.07, 6.45) is 1.69. The molecule has 0 aliphatic heterocycles. The zero-order valence-corrected chi connectivity index (χ0v) is 14.6. The van der Waals surface area contributed by atoms with E-state index in [1.54, 1.807) is 13.3 Å². The van der Waals surface area contributed by atoms with Gasteiger partial charge < -0.3 is 15.2 Å². The molecular formula is C20H18N4O2. The van der Waals surface area contributed by atoms with Crippen LogP contribution in [0.25, 0.3) is 22.5 Å². The molecule has 0 spiro atoms. The number of anilines is 1. The number of benzene rings is 1. The van der Waals surface area contributed by atoms with E-state index in [9.17, 15) is 5.26 Å². The molecule has 6 heteroatoms. The second-order valence-electron chi connectivity index (χ2n) is 5.44. The molecule has 2 aromatic heterocycles. The van der Waals surface area contributed by atoms with Crippen LogP contribution in [0.3, 0.4) is 0 Å². The summed E-state index contributed by atoms with van der Waals surface area (Å²) in [4.78, 5) is 8.63. The predicted octanol–water partition coefficient (Wildman–Crippen LogP) is 3.67. The first-order valence-electron chi connectivity index (χ1n) is 8.11. The minimum absolute atomic E-state index is 0.165. The van der Waals surface area contributed by atoms with Crippen molar-refractivity contribution in [3.8, 4) is 40.1 Å². The van der Waals surface area contributed by atoms with Gasteiger partial charge in [-0.15, -0.1) is 0 Å². The third-order valence-electron chi connectivity index (χ3n) is 3.86. The van der Waals surface area contributed by atoms with Gasteiger partial charge in [0.05, 0.1) is 25.1 Å². The number of ether oxygens (including phenoxy) is 2. The molecule has 0 amide bonds. The SMILES string of the molecule is CCOc1ccc(-c2cc(-c3ccccn3)nc(N)c2C#N)cc1OC. The highest BCUT2D eigenvalue weighted by molar-refractivity contribution is 5.80. The van der Waals surface area contributed by atoms with Crippen molar-refractivity contribution in [2.45, 2.75) is 6.92 Å². The first kappa shape index (κ1) is 17.2. The fourth-order valence-corrected chi connectivity index (χ4v) is 2.67. The summed E-state index contributed by atoms with van der Waals surface area (Å²) in [5.41, 5.74) is 9.09. The Bertz CT molecular complexity index is 966. The first-order chi connectivity index (χ1) is 12.7. The predicted molar refractivity (Wildman–Crippen MR) is 99.8 cm³/mol. The Morgan fingerprint density at radius 2 is 1.96 bits per heavy atom. The Kier molecular flexibility index (Phi) is 4.99. The Morgan fingerprint density at radius 1 is 1.12 bits per heavy atom. The van der Waals surface area contributed by atoms with Crippen LogP contribution in [0.5, 0.6) is 11.5 Å². The van der Waals surface area contributed by atoms with Gasteiger partial charge in [-0.3, -0.25) is 4.98 Å². The smallest absolute Gasteiger partial charge is 0.161 e. The van der Waals surface area contributed by atoms with E-state index in [1.807, 2.05) is 49.4 Å². The van der Waals surface area contributed by atoms with E-state index in [0.29, 0.717) is 40.6 Å². The minimum atomic E-state index is 0.165. The monoisotopic (exact) mass is 346 g/mol. The second-order valence-corrected chi connectivity index (χ2v) is 5.44. The highest BCUT2D eigenvalue weighted by atomic mass is 16.5. The molecule has 0 atom stereocenters. The van der Waals surface area contributed by atoms with E-state index in [4.69, 9.17) is 15.2 Å². The van der Waals surface area contributed by atoms with Crippen molar-refractivity contribution in [1.29, 1.82) is 5.26 Å². The van der Waals surface area contributed by atoms with Crippen molar-refractivity contribution in [2.24, 2.45) is 0 Å². The number of nitrogens with zero attached hydrogens (tertiary/aromatic N) is 3. The zero-order chi connectivity index (χ0) is 18.5. The van der Waals surface area contributed by atoms with Crippen LogP contribution in [0.15, 0.2) is 48.7 Å². The number of nitrogen functional groups attached to an aromatic ring is 1. The Morgan fingerprint density at radius 3 is 2.62 bits per heavy atom. The molecule has 0 radical (unpaired) electrons. The number of nitrogens with two attached hydrogens (primary N) is 1. The number of nitriles is 1. The van der Waals surface area contributed by atoms with Gasteiger partial charge in [-0.25, -0.2) is 4.98 Å². The van der Waals surface area contributed by atoms with Gasteiger partial charge in [-0.1, -0.05) is 12.1 Å². The van der Waals surface area contributed by atoms with Crippen LogP contribution in [0.4, 0.5) is 5.82 Å². The van der Waals surface area contributed by atoms with Gasteiger partial charge in [0.25, 0.3) is 0 Å². The van der Waals surface area contributed by atoms with Crippen molar-refractivity contribution in [3.05, 3.63) is 54.2 Å². The van der Waals surface area contributed by atoms with Crippen LogP contribution in [0.1, 0.15) is 12.5 Å². The molecule has 0 aliphatic rings. The van der Waals surface area contributed by atoms with Crippen molar-refractivity contribution in [3.63, 3.8) is 0 Å². The summed E-state index contributed by atoms with van der Waals surface area (Å²) in [7, 11) is 1.58. The summed E-state index contributed by atoms with van der Waals surface area (Å²) < 4.78 is 11.0. The third kappa shape index (κ3) is 3.28. The molecule has 3 aromatic rings. The molecule has 0 saturated carbocycles. The maximum atomic E-state index is 9.55. The molecule has 0 aliphatic carbocycles. The zero-order valence-electron chi connectivity index (χ0n) is 14.6. The quantitative estimate of drug-likeness (QED) is 0.757. The summed E-state index contributed by atoms with van der Waals surface area (Å²) in [5, 5.41) is 9.55. The van der Waals surface area contributed by atoms with Gasteiger partial charge in [-0.2, -0.15) is 5.26 Å². The van der Waals surface area contributed by atoms with Gasteiger partial charge in [0.15, 0.2) is 11.5 Å². The van der Waals surface area contributed by atoms with E-state index >= 15 is 0 Å². The van der Waals surface area contributed by atoms with Crippen LogP contribution < -0.4 is 15.2 Å². The Hall–Kier alpha value is -3.59. The first-order valence-corrected chi connectivity index (χ1v) is 8.11. The van der Waals surface area contributed by atoms with Gasteiger partial charge in [0, 0.05) is 11.8 Å². The molecule has 0 saturated heterocycles. The minimum Gasteiger partial charge on any atom is -0.493 e. The van der Waals surface area contributed by atoms with Gasteiger partial charge in [0.2, 0.25) is 0 Å². The number of hydrogen-bond donors (Lipinski definition) is 1. The molecule has 2 heterocycles. The van der Waals surface area contributed by atoms with Gasteiger partial charge in [-0.05, 0) is 42.8 Å². The molecular weight excluding hydrogens is 328 g/mol. The maximum Gasteiger partial charge on any atom is 0.161 e. The normalized spacial score (nSPS) is 10.2. The maximum absolute atomic E-state index is 9.55. The standard InChI is InChI=1S/C20H18N4O2/c1-3-26-18-8-7-13(10-19(18)25-2)14-11-17(16-6-4-5-9-23-16)24-20(22)15(14)12-21/h4-11H,3H2,1-2H3,(H2,22,24). The second kappa shape index (κ2) is 7.53. The van der Waals surface area contributed by atoms with Crippen molar-refractivity contribution >= 4 is 5.82 Å². The van der Waals surface area contributed by atoms with Crippen molar-refractivity contribution in [2.75, 3.05) is 19.5 Å². The molecule has 2 N–H and O–H groups in total. The molecule has 1 aromatic carbocycles. The van der Waals surface area contributed by atoms with E-state index in [2.05, 4.69) is 16.0 Å². The van der Waals surface area contributed by atoms with Gasteiger partial charge >= 0.3 is 0 Å². The van der Waals surface area contributed by atoms with E-state index < -0.39 is 0 Å². The van der Waals surface area contributed by atoms with E-state index in [0.717, 1.165) is 5.56 Å². The topological polar surface area (TPSA) is 94.0 Å². The lowest BCUT2D eigenvalue weighted by Crippen LogP contribution is -2.01. The average Bonchev–Trinajstić information content (AvgIpc) is 2.68. The van der Waals surface area contributed by atoms with Crippen LogP contribution in [0.2, 0.25) is 0 Å². The van der Waals surface area contributed by atoms with E-state index in [1.165, 1.54) is 0 Å². The van der Waals surface area contributed by atoms with Crippen molar-refractivity contribution < 1.29 is 9.47 Å². The molecule has 0 bridgehead atoms. The molecule has 130 valence electrons. The summed E-state index contributed by atoms with van der Waals surface area (Å²) in [6.45, 7) is 2.44. The largest absolute Gasteiger partial charge is 0.493 e. The number of pyridine rings is 2. The Balaban J connectivity index is 2.18. The lowest BCUT2D eigenvalue weighted by atomic mass is 9.99. The van der Waals surface area contributed by atoms with Crippen LogP contribution >= 0.6 is 0 Å². The number of hydrogen-bond acceptors (Lipinski definition) is 6. The molecule has 6 nitrogen and oxygen atoms in total. The molecule has 0 unspecified atom stereocenters. The van der Waals surface area contributed by atoms with Crippen molar-refractivity contribution in [1.82, 2.24) is 9.97 Å². The van der Waals surface area contributed by atoms with Crippen LogP contribution in [-0.2, 0) is 0 Å². The molecule has 26 heavy (non-hydrogen) atoms. The summed E-state index contributed by atoms with van der Waals surface area (Å²) in [6, 6.07) is 15.0. The third-order valence-corrected chi connectivity index (χ3v) is 3.86. The Labute approximate surface area is 151 Å². The number of aromatic nitrogens is 2. The highest BCUT2D eigenvalue weighted by Gasteiger charge is 2.16. The number of rotatable bonds is 5. The lowest BCUT2D eigenvalue weighted by molar-refractivity contribution is 0.311. The van der Waals surface area contributed by atoms with Gasteiger partial charge in [0.1, 0.15) is 17.5 Å². The fourth-order valence-electron chi connectivity index (χ4n) is 2.67. The average molecular weight is 346 g/mol. The lowest BCUT2D eigenvalue weighted by Gasteiger charge is -2.13. The number of methoxy groups -OCH3 is 1. The molecule has 0 fully saturated rings. The fraction of sp³-hybridized carbons (Fsp3) is 0.150. The van der Waals surface area contributed by atoms with Crippen LogP contribution in [-0.4, -0.2) is 23.7 Å². The molecule has 3 rings (SSSR count). The highest BCUT2D eigenvalue weighted by Crippen LogP contribution is 2.36. The summed E-state index contributed by atoms with van der Waals surface area (Å²) in [5.74, 6) is 1.39. The summed E-state index contributed by atoms with van der Waals surface area (Å²) >= 11 is 0. The van der Waals surface area contributed by atoms with Crippen LogP contribution in [0, 0.1) is 11.3 Å².